The highest BCUT2D eigenvalue weighted by molar-refractivity contribution is 6.07. The highest BCUT2D eigenvalue weighted by atomic mass is 35.5. The van der Waals surface area contributed by atoms with Crippen LogP contribution in [0.4, 0.5) is 11.5 Å². The average molecular weight is 423 g/mol. The topological polar surface area (TPSA) is 66.9 Å². The van der Waals surface area contributed by atoms with Gasteiger partial charge in [-0.2, -0.15) is 0 Å². The second-order valence-electron chi connectivity index (χ2n) is 7.52. The van der Waals surface area contributed by atoms with Crippen LogP contribution in [0.5, 0.6) is 0 Å². The normalized spacial score (nSPS) is 13.9. The lowest BCUT2D eigenvalue weighted by atomic mass is 9.84. The van der Waals surface area contributed by atoms with Crippen molar-refractivity contribution in [3.05, 3.63) is 83.8 Å². The van der Waals surface area contributed by atoms with Crippen LogP contribution in [-0.4, -0.2) is 15.9 Å². The Balaban J connectivity index is 0.00000256. The van der Waals surface area contributed by atoms with Crippen molar-refractivity contribution < 1.29 is 4.79 Å². The minimum atomic E-state index is -0.166. The third-order valence-corrected chi connectivity index (χ3v) is 5.51. The molecule has 156 valence electrons. The Kier molecular flexibility index (Phi) is 7.80. The van der Waals surface area contributed by atoms with E-state index in [9.17, 15) is 4.79 Å². The molecule has 2 aromatic heterocycles. The van der Waals surface area contributed by atoms with E-state index in [0.29, 0.717) is 23.8 Å². The summed E-state index contributed by atoms with van der Waals surface area (Å²) in [6, 6.07) is 15.7. The first kappa shape index (κ1) is 21.8. The average Bonchev–Trinajstić information content (AvgIpc) is 2.80. The van der Waals surface area contributed by atoms with Crippen LogP contribution in [0, 0.1) is 0 Å². The van der Waals surface area contributed by atoms with Crippen molar-refractivity contribution in [1.82, 2.24) is 9.97 Å². The molecule has 0 unspecified atom stereocenters. The van der Waals surface area contributed by atoms with Gasteiger partial charge in [-0.25, -0.2) is 4.98 Å². The summed E-state index contributed by atoms with van der Waals surface area (Å²) in [6.45, 7) is 0.579. The van der Waals surface area contributed by atoms with E-state index < -0.39 is 0 Å². The minimum absolute atomic E-state index is 0. The Morgan fingerprint density at radius 2 is 1.67 bits per heavy atom. The highest BCUT2D eigenvalue weighted by Gasteiger charge is 2.16. The van der Waals surface area contributed by atoms with Crippen LogP contribution in [0.15, 0.2) is 67.1 Å². The van der Waals surface area contributed by atoms with Crippen LogP contribution in [0.2, 0.25) is 0 Å². The van der Waals surface area contributed by atoms with Gasteiger partial charge in [0.05, 0.1) is 5.56 Å². The van der Waals surface area contributed by atoms with Gasteiger partial charge in [-0.15, -0.1) is 12.4 Å². The van der Waals surface area contributed by atoms with Gasteiger partial charge in [0.25, 0.3) is 5.91 Å². The van der Waals surface area contributed by atoms with Crippen molar-refractivity contribution in [3.8, 4) is 0 Å². The molecule has 1 aliphatic carbocycles. The number of benzene rings is 1. The molecule has 1 saturated carbocycles. The number of anilines is 2. The molecule has 5 nitrogen and oxygen atoms in total. The predicted octanol–water partition coefficient (Wildman–Crippen LogP) is 5.81. The summed E-state index contributed by atoms with van der Waals surface area (Å²) >= 11 is 0. The number of carbonyl (C=O) groups is 1. The number of rotatable bonds is 6. The zero-order valence-electron chi connectivity index (χ0n) is 16.9. The van der Waals surface area contributed by atoms with E-state index in [1.807, 2.05) is 24.3 Å². The van der Waals surface area contributed by atoms with Crippen molar-refractivity contribution in [2.45, 2.75) is 44.6 Å². The maximum absolute atomic E-state index is 12.8. The minimum Gasteiger partial charge on any atom is -0.365 e. The van der Waals surface area contributed by atoms with E-state index in [1.54, 1.807) is 30.7 Å². The van der Waals surface area contributed by atoms with Gasteiger partial charge in [0.2, 0.25) is 0 Å². The molecule has 2 N–H and O–H groups in total. The summed E-state index contributed by atoms with van der Waals surface area (Å²) in [6.07, 6.45) is 11.7. The summed E-state index contributed by atoms with van der Waals surface area (Å²) in [5.74, 6) is 1.07. The largest absolute Gasteiger partial charge is 0.365 e. The van der Waals surface area contributed by atoms with E-state index >= 15 is 0 Å². The van der Waals surface area contributed by atoms with Gasteiger partial charge >= 0.3 is 0 Å². The fraction of sp³-hybridized carbons (Fsp3) is 0.292. The van der Waals surface area contributed by atoms with Gasteiger partial charge in [-0.1, -0.05) is 31.4 Å². The molecule has 1 amide bonds. The zero-order chi connectivity index (χ0) is 19.9. The standard InChI is InChI=1S/C24H26N4O.ClH/c29-24(28-21-10-8-20(9-11-21)19-5-2-1-3-6-19)22-7-4-14-26-23(22)27-17-18-12-15-25-16-13-18;/h4,7-16,19H,1-3,5-6,17H2,(H,26,27)(H,28,29);1H. The van der Waals surface area contributed by atoms with Gasteiger partial charge in [0, 0.05) is 30.8 Å². The van der Waals surface area contributed by atoms with Gasteiger partial charge < -0.3 is 10.6 Å². The molecule has 30 heavy (non-hydrogen) atoms. The van der Waals surface area contributed by atoms with Crippen molar-refractivity contribution in [3.63, 3.8) is 0 Å². The molecule has 1 aliphatic rings. The molecule has 6 heteroatoms. The molecule has 0 saturated heterocycles. The zero-order valence-corrected chi connectivity index (χ0v) is 17.7. The van der Waals surface area contributed by atoms with E-state index in [-0.39, 0.29) is 18.3 Å². The number of nitrogens with one attached hydrogen (secondary N) is 2. The Hall–Kier alpha value is -2.92. The van der Waals surface area contributed by atoms with Gasteiger partial charge in [-0.3, -0.25) is 9.78 Å². The smallest absolute Gasteiger partial charge is 0.259 e. The number of halogens is 1. The molecule has 0 bridgehead atoms. The highest BCUT2D eigenvalue weighted by Crippen LogP contribution is 2.33. The number of amides is 1. The van der Waals surface area contributed by atoms with E-state index in [2.05, 4.69) is 32.7 Å². The van der Waals surface area contributed by atoms with Crippen molar-refractivity contribution in [1.29, 1.82) is 0 Å². The Bertz CT molecular complexity index is 941. The van der Waals surface area contributed by atoms with Crippen LogP contribution < -0.4 is 10.6 Å². The quantitative estimate of drug-likeness (QED) is 0.526. The monoisotopic (exact) mass is 422 g/mol. The van der Waals surface area contributed by atoms with E-state index in [1.165, 1.54) is 37.7 Å². The van der Waals surface area contributed by atoms with Crippen LogP contribution in [0.3, 0.4) is 0 Å². The predicted molar refractivity (Wildman–Crippen MR) is 123 cm³/mol. The third kappa shape index (κ3) is 5.57. The fourth-order valence-electron chi connectivity index (χ4n) is 3.89. The molecule has 1 fully saturated rings. The van der Waals surface area contributed by atoms with Crippen molar-refractivity contribution in [2.24, 2.45) is 0 Å². The van der Waals surface area contributed by atoms with E-state index in [0.717, 1.165) is 11.3 Å². The number of carbonyl (C=O) groups excluding carboxylic acids is 1. The van der Waals surface area contributed by atoms with Crippen LogP contribution in [-0.2, 0) is 6.54 Å². The fourth-order valence-corrected chi connectivity index (χ4v) is 3.89. The molecular weight excluding hydrogens is 396 g/mol. The molecule has 0 atom stereocenters. The number of nitrogens with zero attached hydrogens (tertiary/aromatic N) is 2. The first-order chi connectivity index (χ1) is 14.3. The third-order valence-electron chi connectivity index (χ3n) is 5.51. The summed E-state index contributed by atoms with van der Waals surface area (Å²) in [5, 5.41) is 6.25. The Morgan fingerprint density at radius 1 is 0.933 bits per heavy atom. The van der Waals surface area contributed by atoms with Crippen molar-refractivity contribution in [2.75, 3.05) is 10.6 Å². The molecule has 1 aromatic carbocycles. The molecule has 0 radical (unpaired) electrons. The maximum Gasteiger partial charge on any atom is 0.259 e. The first-order valence-electron chi connectivity index (χ1n) is 10.3. The van der Waals surface area contributed by atoms with Gasteiger partial charge in [0.1, 0.15) is 5.82 Å². The molecule has 3 aromatic rings. The maximum atomic E-state index is 12.8. The van der Waals surface area contributed by atoms with E-state index in [4.69, 9.17) is 0 Å². The van der Waals surface area contributed by atoms with Crippen molar-refractivity contribution >= 4 is 29.8 Å². The molecule has 0 spiro atoms. The SMILES string of the molecule is Cl.O=C(Nc1ccc(C2CCCCC2)cc1)c1cccnc1NCc1ccncc1. The Morgan fingerprint density at radius 3 is 2.40 bits per heavy atom. The summed E-state index contributed by atoms with van der Waals surface area (Å²) in [7, 11) is 0. The second kappa shape index (κ2) is 10.7. The summed E-state index contributed by atoms with van der Waals surface area (Å²) in [4.78, 5) is 21.2. The first-order valence-corrected chi connectivity index (χ1v) is 10.3. The lowest BCUT2D eigenvalue weighted by molar-refractivity contribution is 0.102. The Labute approximate surface area is 183 Å². The van der Waals surface area contributed by atoms with Gasteiger partial charge in [-0.05, 0) is 66.3 Å². The van der Waals surface area contributed by atoms with Crippen LogP contribution in [0.1, 0.15) is 59.5 Å². The van der Waals surface area contributed by atoms with Gasteiger partial charge in [0.15, 0.2) is 0 Å². The number of aromatic nitrogens is 2. The summed E-state index contributed by atoms with van der Waals surface area (Å²) < 4.78 is 0. The molecule has 0 aliphatic heterocycles. The number of hydrogen-bond donors (Lipinski definition) is 2. The molecule has 4 rings (SSSR count). The second-order valence-corrected chi connectivity index (χ2v) is 7.52. The lowest BCUT2D eigenvalue weighted by Crippen LogP contribution is -2.16. The number of hydrogen-bond acceptors (Lipinski definition) is 4. The molecule has 2 heterocycles. The lowest BCUT2D eigenvalue weighted by Gasteiger charge is -2.22. The number of pyridine rings is 2. The summed E-state index contributed by atoms with van der Waals surface area (Å²) in [5.41, 5.74) is 3.79. The van der Waals surface area contributed by atoms with Crippen LogP contribution >= 0.6 is 12.4 Å². The van der Waals surface area contributed by atoms with Crippen LogP contribution in [0.25, 0.3) is 0 Å². The molecular formula is C24H27ClN4O.